The van der Waals surface area contributed by atoms with Crippen molar-refractivity contribution in [1.82, 2.24) is 19.6 Å². The average molecular weight is 334 g/mol. The van der Waals surface area contributed by atoms with E-state index in [1.54, 1.807) is 6.07 Å². The van der Waals surface area contributed by atoms with Crippen molar-refractivity contribution in [3.8, 4) is 5.88 Å². The van der Waals surface area contributed by atoms with Crippen LogP contribution >= 0.6 is 0 Å². The number of hydrogen-bond acceptors (Lipinski definition) is 5. The molecular formula is C17H26N4O3. The maximum absolute atomic E-state index is 12.8. The number of likely N-dealkylation sites (tertiary alicyclic amines) is 1. The fraction of sp³-hybridized carbons (Fsp3) is 0.765. The largest absolute Gasteiger partial charge is 0.478 e. The molecule has 7 nitrogen and oxygen atoms in total. The summed E-state index contributed by atoms with van der Waals surface area (Å²) in [5.41, 5.74) is 0.527. The molecule has 3 aliphatic heterocycles. The zero-order valence-corrected chi connectivity index (χ0v) is 14.2. The van der Waals surface area contributed by atoms with Crippen molar-refractivity contribution in [2.45, 2.75) is 25.8 Å². The number of aromatic nitrogens is 2. The van der Waals surface area contributed by atoms with Gasteiger partial charge in [0.15, 0.2) is 5.69 Å². The van der Waals surface area contributed by atoms with Crippen molar-refractivity contribution >= 4 is 5.91 Å². The number of aryl methyl sites for hydroxylation is 1. The third-order valence-corrected chi connectivity index (χ3v) is 5.15. The molecule has 1 aromatic rings. The summed E-state index contributed by atoms with van der Waals surface area (Å²) in [4.78, 5) is 17.3. The highest BCUT2D eigenvalue weighted by molar-refractivity contribution is 5.92. The molecule has 1 atom stereocenters. The molecule has 7 heteroatoms. The van der Waals surface area contributed by atoms with Gasteiger partial charge in [0, 0.05) is 51.8 Å². The van der Waals surface area contributed by atoms with Crippen LogP contribution in [0.3, 0.4) is 0 Å². The molecular weight excluding hydrogens is 308 g/mol. The summed E-state index contributed by atoms with van der Waals surface area (Å²) >= 11 is 0. The van der Waals surface area contributed by atoms with Crippen LogP contribution in [0.25, 0.3) is 0 Å². The van der Waals surface area contributed by atoms with Crippen molar-refractivity contribution in [3.05, 3.63) is 11.8 Å². The Morgan fingerprint density at radius 3 is 2.88 bits per heavy atom. The molecule has 0 aliphatic carbocycles. The molecule has 0 aromatic carbocycles. The number of carbonyl (C=O) groups is 1. The molecule has 3 aliphatic rings. The Hall–Kier alpha value is -1.60. The topological polar surface area (TPSA) is 59.8 Å². The van der Waals surface area contributed by atoms with Gasteiger partial charge < -0.3 is 14.4 Å². The lowest BCUT2D eigenvalue weighted by Gasteiger charge is -2.36. The molecule has 2 fully saturated rings. The summed E-state index contributed by atoms with van der Waals surface area (Å²) in [5.74, 6) is 1.33. The Morgan fingerprint density at radius 2 is 2.04 bits per heavy atom. The van der Waals surface area contributed by atoms with Crippen LogP contribution in [0.1, 0.15) is 29.8 Å². The quantitative estimate of drug-likeness (QED) is 0.820. The summed E-state index contributed by atoms with van der Waals surface area (Å²) in [6.07, 6.45) is 3.22. The first-order valence-corrected chi connectivity index (χ1v) is 9.09. The van der Waals surface area contributed by atoms with E-state index in [9.17, 15) is 4.79 Å². The van der Waals surface area contributed by atoms with Crippen molar-refractivity contribution in [1.29, 1.82) is 0 Å². The van der Waals surface area contributed by atoms with Gasteiger partial charge in [0.05, 0.1) is 19.8 Å². The maximum atomic E-state index is 12.8. The molecule has 1 aromatic heterocycles. The normalized spacial score (nSPS) is 25.2. The number of morpholine rings is 1. The van der Waals surface area contributed by atoms with Crippen LogP contribution in [0.15, 0.2) is 6.07 Å². The van der Waals surface area contributed by atoms with E-state index >= 15 is 0 Å². The Labute approximate surface area is 142 Å². The Kier molecular flexibility index (Phi) is 4.71. The van der Waals surface area contributed by atoms with Gasteiger partial charge in [-0.2, -0.15) is 5.10 Å². The number of nitrogens with zero attached hydrogens (tertiary/aromatic N) is 4. The lowest BCUT2D eigenvalue weighted by molar-refractivity contribution is 0.0223. The fourth-order valence-corrected chi connectivity index (χ4v) is 3.88. The molecule has 1 amide bonds. The number of rotatable bonds is 3. The maximum Gasteiger partial charge on any atom is 0.274 e. The van der Waals surface area contributed by atoms with Gasteiger partial charge in [-0.25, -0.2) is 4.68 Å². The van der Waals surface area contributed by atoms with Gasteiger partial charge in [-0.05, 0) is 18.8 Å². The van der Waals surface area contributed by atoms with Crippen LogP contribution in [0.2, 0.25) is 0 Å². The van der Waals surface area contributed by atoms with Crippen LogP contribution < -0.4 is 4.74 Å². The molecule has 2 saturated heterocycles. The van der Waals surface area contributed by atoms with Gasteiger partial charge in [-0.15, -0.1) is 0 Å². The molecule has 0 bridgehead atoms. The lowest BCUT2D eigenvalue weighted by Crippen LogP contribution is -2.46. The number of hydrogen-bond donors (Lipinski definition) is 0. The molecule has 0 N–H and O–H groups in total. The van der Waals surface area contributed by atoms with E-state index in [4.69, 9.17) is 9.47 Å². The monoisotopic (exact) mass is 334 g/mol. The predicted octanol–water partition coefficient (Wildman–Crippen LogP) is 0.850. The van der Waals surface area contributed by atoms with Gasteiger partial charge >= 0.3 is 0 Å². The average Bonchev–Trinajstić information content (AvgIpc) is 3.06. The van der Waals surface area contributed by atoms with E-state index in [1.807, 2.05) is 9.58 Å². The fourth-order valence-electron chi connectivity index (χ4n) is 3.88. The summed E-state index contributed by atoms with van der Waals surface area (Å²) in [7, 11) is 0. The summed E-state index contributed by atoms with van der Waals surface area (Å²) in [6.45, 7) is 7.96. The lowest BCUT2D eigenvalue weighted by atomic mass is 9.97. The summed E-state index contributed by atoms with van der Waals surface area (Å²) in [5, 5.41) is 4.44. The Balaban J connectivity index is 1.38. The molecule has 132 valence electrons. The minimum Gasteiger partial charge on any atom is -0.478 e. The van der Waals surface area contributed by atoms with E-state index in [0.29, 0.717) is 18.2 Å². The number of fused-ring (bicyclic) bond motifs is 1. The third-order valence-electron chi connectivity index (χ3n) is 5.15. The highest BCUT2D eigenvalue weighted by Gasteiger charge is 2.28. The second-order valence-corrected chi connectivity index (χ2v) is 6.97. The van der Waals surface area contributed by atoms with E-state index in [1.165, 1.54) is 6.42 Å². The van der Waals surface area contributed by atoms with E-state index in [0.717, 1.165) is 71.2 Å². The van der Waals surface area contributed by atoms with Gasteiger partial charge in [-0.1, -0.05) is 0 Å². The first-order valence-electron chi connectivity index (χ1n) is 9.09. The molecule has 24 heavy (non-hydrogen) atoms. The predicted molar refractivity (Wildman–Crippen MR) is 88.2 cm³/mol. The third kappa shape index (κ3) is 3.42. The van der Waals surface area contributed by atoms with Crippen LogP contribution in [0.4, 0.5) is 0 Å². The summed E-state index contributed by atoms with van der Waals surface area (Å²) in [6, 6.07) is 1.80. The van der Waals surface area contributed by atoms with Crippen molar-refractivity contribution < 1.29 is 14.3 Å². The molecule has 4 heterocycles. The minimum atomic E-state index is 0.0483. The molecule has 0 radical (unpaired) electrons. The van der Waals surface area contributed by atoms with Crippen molar-refractivity contribution in [2.24, 2.45) is 5.92 Å². The molecule has 0 unspecified atom stereocenters. The highest BCUT2D eigenvalue weighted by Crippen LogP contribution is 2.23. The zero-order chi connectivity index (χ0) is 16.4. The number of ether oxygens (including phenoxy) is 2. The second kappa shape index (κ2) is 7.11. The van der Waals surface area contributed by atoms with Gasteiger partial charge in [0.1, 0.15) is 0 Å². The van der Waals surface area contributed by atoms with E-state index < -0.39 is 0 Å². The SMILES string of the molecule is O=C(c1cc2n(n1)CCCO2)N1CCC[C@H](CN2CCOCC2)C1. The van der Waals surface area contributed by atoms with Crippen LogP contribution in [-0.2, 0) is 11.3 Å². The highest BCUT2D eigenvalue weighted by atomic mass is 16.5. The zero-order valence-electron chi connectivity index (χ0n) is 14.2. The molecule has 4 rings (SSSR count). The second-order valence-electron chi connectivity index (χ2n) is 6.97. The van der Waals surface area contributed by atoms with Crippen LogP contribution in [-0.4, -0.2) is 78.0 Å². The number of amides is 1. The van der Waals surface area contributed by atoms with Crippen LogP contribution in [0, 0.1) is 5.92 Å². The first kappa shape index (κ1) is 15.9. The Bertz CT molecular complexity index is 559. The standard InChI is InChI=1S/C17H26N4O3/c22-17(15-11-16-21(18-15)5-2-8-24-16)20-4-1-3-14(13-20)12-19-6-9-23-10-7-19/h11,14H,1-10,12-13H2/t14-/m1/s1. The van der Waals surface area contributed by atoms with E-state index in [2.05, 4.69) is 10.00 Å². The summed E-state index contributed by atoms with van der Waals surface area (Å²) < 4.78 is 12.8. The van der Waals surface area contributed by atoms with Crippen molar-refractivity contribution in [3.63, 3.8) is 0 Å². The van der Waals surface area contributed by atoms with Crippen LogP contribution in [0.5, 0.6) is 5.88 Å². The Morgan fingerprint density at radius 1 is 1.17 bits per heavy atom. The van der Waals surface area contributed by atoms with Gasteiger partial charge in [-0.3, -0.25) is 9.69 Å². The molecule has 0 spiro atoms. The van der Waals surface area contributed by atoms with E-state index in [-0.39, 0.29) is 5.91 Å². The first-order chi connectivity index (χ1) is 11.8. The van der Waals surface area contributed by atoms with Gasteiger partial charge in [0.25, 0.3) is 5.91 Å². The van der Waals surface area contributed by atoms with Gasteiger partial charge in [0.2, 0.25) is 5.88 Å². The molecule has 0 saturated carbocycles. The smallest absolute Gasteiger partial charge is 0.274 e. The number of piperidine rings is 1. The number of carbonyl (C=O) groups excluding carboxylic acids is 1. The minimum absolute atomic E-state index is 0.0483. The van der Waals surface area contributed by atoms with Crippen molar-refractivity contribution in [2.75, 3.05) is 52.5 Å².